The zero-order chi connectivity index (χ0) is 23.6. The second-order valence-corrected chi connectivity index (χ2v) is 10.4. The van der Waals surface area contributed by atoms with E-state index in [1.54, 1.807) is 40.7 Å². The SMILES string of the molecule is COc1ccc(NC(=O)CCc2nc3cc(S(=O)(=O)N4CCCCC4)ccc3n2C)cc1Cl. The molecule has 0 bridgehead atoms. The van der Waals surface area contributed by atoms with E-state index in [2.05, 4.69) is 10.3 Å². The number of carbonyl (C=O) groups excluding carboxylic acids is 1. The molecule has 0 aliphatic carbocycles. The Kier molecular flexibility index (Phi) is 6.92. The third-order valence-electron chi connectivity index (χ3n) is 5.91. The van der Waals surface area contributed by atoms with Gasteiger partial charge in [0.2, 0.25) is 15.9 Å². The van der Waals surface area contributed by atoms with Crippen molar-refractivity contribution in [1.29, 1.82) is 0 Å². The van der Waals surface area contributed by atoms with E-state index in [4.69, 9.17) is 16.3 Å². The average molecular weight is 491 g/mol. The van der Waals surface area contributed by atoms with Crippen molar-refractivity contribution >= 4 is 44.3 Å². The van der Waals surface area contributed by atoms with Crippen molar-refractivity contribution in [2.24, 2.45) is 7.05 Å². The summed E-state index contributed by atoms with van der Waals surface area (Å²) in [6.45, 7) is 1.12. The van der Waals surface area contributed by atoms with Crippen molar-refractivity contribution < 1.29 is 17.9 Å². The van der Waals surface area contributed by atoms with Gasteiger partial charge in [0.05, 0.1) is 28.1 Å². The van der Waals surface area contributed by atoms with Crippen molar-refractivity contribution in [3.63, 3.8) is 0 Å². The zero-order valence-electron chi connectivity index (χ0n) is 18.7. The Hall–Kier alpha value is -2.62. The molecule has 0 unspecified atom stereocenters. The Labute approximate surface area is 198 Å². The van der Waals surface area contributed by atoms with Crippen molar-refractivity contribution in [3.05, 3.63) is 47.2 Å². The number of carbonyl (C=O) groups is 1. The van der Waals surface area contributed by atoms with Gasteiger partial charge in [0.25, 0.3) is 0 Å². The fourth-order valence-electron chi connectivity index (χ4n) is 4.06. The first-order valence-corrected chi connectivity index (χ1v) is 12.7. The molecule has 1 aromatic heterocycles. The summed E-state index contributed by atoms with van der Waals surface area (Å²) in [5.41, 5.74) is 2.02. The van der Waals surface area contributed by atoms with E-state index < -0.39 is 10.0 Å². The number of aryl methyl sites for hydroxylation is 2. The predicted octanol–water partition coefficient (Wildman–Crippen LogP) is 3.98. The summed E-state index contributed by atoms with van der Waals surface area (Å²) in [5, 5.41) is 3.24. The molecule has 8 nitrogen and oxygen atoms in total. The van der Waals surface area contributed by atoms with E-state index in [1.807, 2.05) is 11.6 Å². The van der Waals surface area contributed by atoms with Gasteiger partial charge >= 0.3 is 0 Å². The zero-order valence-corrected chi connectivity index (χ0v) is 20.2. The molecule has 0 radical (unpaired) electrons. The van der Waals surface area contributed by atoms with Gasteiger partial charge < -0.3 is 14.6 Å². The molecule has 33 heavy (non-hydrogen) atoms. The molecule has 1 aliphatic heterocycles. The monoisotopic (exact) mass is 490 g/mol. The first-order chi connectivity index (χ1) is 15.8. The number of nitrogens with zero attached hydrogens (tertiary/aromatic N) is 3. The van der Waals surface area contributed by atoms with Gasteiger partial charge in [0.15, 0.2) is 0 Å². The van der Waals surface area contributed by atoms with E-state index in [9.17, 15) is 13.2 Å². The first kappa shape index (κ1) is 23.5. The standard InChI is InChI=1S/C23H27ClN4O4S/c1-27-20-8-7-17(33(30,31)28-12-4-3-5-13-28)15-19(20)26-22(27)10-11-23(29)25-16-6-9-21(32-2)18(24)14-16/h6-9,14-15H,3-5,10-13H2,1-2H3,(H,25,29). The van der Waals surface area contributed by atoms with Crippen LogP contribution in [-0.2, 0) is 28.3 Å². The fourth-order valence-corrected chi connectivity index (χ4v) is 5.86. The van der Waals surface area contributed by atoms with Crippen LogP contribution in [-0.4, -0.2) is 48.4 Å². The van der Waals surface area contributed by atoms with E-state index in [1.165, 1.54) is 7.11 Å². The molecule has 0 atom stereocenters. The maximum atomic E-state index is 13.0. The number of halogens is 1. The van der Waals surface area contributed by atoms with Gasteiger partial charge in [0.1, 0.15) is 11.6 Å². The Balaban J connectivity index is 1.46. The quantitative estimate of drug-likeness (QED) is 0.540. The molecule has 4 rings (SSSR count). The van der Waals surface area contributed by atoms with E-state index >= 15 is 0 Å². The van der Waals surface area contributed by atoms with Crippen molar-refractivity contribution in [2.75, 3.05) is 25.5 Å². The highest BCUT2D eigenvalue weighted by molar-refractivity contribution is 7.89. The van der Waals surface area contributed by atoms with Crippen LogP contribution in [0.3, 0.4) is 0 Å². The second-order valence-electron chi connectivity index (χ2n) is 8.10. The third kappa shape index (κ3) is 5.00. The number of ether oxygens (including phenoxy) is 1. The first-order valence-electron chi connectivity index (χ1n) is 10.9. The highest BCUT2D eigenvalue weighted by Crippen LogP contribution is 2.28. The molecule has 0 spiro atoms. The molecule has 10 heteroatoms. The molecule has 2 heterocycles. The Bertz CT molecular complexity index is 1280. The number of methoxy groups -OCH3 is 1. The van der Waals surface area contributed by atoms with Crippen molar-refractivity contribution in [2.45, 2.75) is 37.0 Å². The van der Waals surface area contributed by atoms with Crippen molar-refractivity contribution in [1.82, 2.24) is 13.9 Å². The number of hydrogen-bond acceptors (Lipinski definition) is 5. The smallest absolute Gasteiger partial charge is 0.243 e. The summed E-state index contributed by atoms with van der Waals surface area (Å²) in [5.74, 6) is 1.08. The fraction of sp³-hybridized carbons (Fsp3) is 0.391. The number of piperidine rings is 1. The van der Waals surface area contributed by atoms with E-state index in [0.29, 0.717) is 47.3 Å². The molecule has 0 saturated carbocycles. The van der Waals surface area contributed by atoms with Gasteiger partial charge in [-0.15, -0.1) is 0 Å². The number of amides is 1. The number of sulfonamides is 1. The van der Waals surface area contributed by atoms with Crippen LogP contribution < -0.4 is 10.1 Å². The van der Waals surface area contributed by atoms with Gasteiger partial charge in [0, 0.05) is 38.7 Å². The molecule has 3 aromatic rings. The Morgan fingerprint density at radius 3 is 2.61 bits per heavy atom. The minimum Gasteiger partial charge on any atom is -0.495 e. The van der Waals surface area contributed by atoms with Crippen molar-refractivity contribution in [3.8, 4) is 5.75 Å². The van der Waals surface area contributed by atoms with Crippen LogP contribution in [0.15, 0.2) is 41.3 Å². The number of imidazole rings is 1. The molecule has 1 aliphatic rings. The number of anilines is 1. The van der Waals surface area contributed by atoms with Crippen LogP contribution in [0.25, 0.3) is 11.0 Å². The molecule has 1 fully saturated rings. The lowest BCUT2D eigenvalue weighted by Crippen LogP contribution is -2.35. The number of rotatable bonds is 7. The topological polar surface area (TPSA) is 93.5 Å². The normalized spacial score (nSPS) is 15.0. The summed E-state index contributed by atoms with van der Waals surface area (Å²) in [7, 11) is -0.130. The minimum atomic E-state index is -3.53. The number of benzene rings is 2. The Morgan fingerprint density at radius 2 is 1.91 bits per heavy atom. The summed E-state index contributed by atoms with van der Waals surface area (Å²) in [4.78, 5) is 17.3. The summed E-state index contributed by atoms with van der Waals surface area (Å²) < 4.78 is 34.6. The molecule has 1 saturated heterocycles. The van der Waals surface area contributed by atoms with Gasteiger partial charge in [-0.2, -0.15) is 4.31 Å². The number of hydrogen-bond donors (Lipinski definition) is 1. The minimum absolute atomic E-state index is 0.170. The molecule has 1 amide bonds. The highest BCUT2D eigenvalue weighted by Gasteiger charge is 2.26. The lowest BCUT2D eigenvalue weighted by atomic mass is 10.2. The maximum Gasteiger partial charge on any atom is 0.243 e. The van der Waals surface area contributed by atoms with Gasteiger partial charge in [-0.05, 0) is 49.2 Å². The van der Waals surface area contributed by atoms with Crippen LogP contribution in [0, 0.1) is 0 Å². The number of aromatic nitrogens is 2. The van der Waals surface area contributed by atoms with Gasteiger partial charge in [-0.1, -0.05) is 18.0 Å². The predicted molar refractivity (Wildman–Crippen MR) is 128 cm³/mol. The second kappa shape index (κ2) is 9.70. The molecule has 2 aromatic carbocycles. The highest BCUT2D eigenvalue weighted by atomic mass is 35.5. The molecule has 1 N–H and O–H groups in total. The van der Waals surface area contributed by atoms with Gasteiger partial charge in [-0.3, -0.25) is 4.79 Å². The lowest BCUT2D eigenvalue weighted by Gasteiger charge is -2.25. The third-order valence-corrected chi connectivity index (χ3v) is 8.10. The largest absolute Gasteiger partial charge is 0.495 e. The van der Waals surface area contributed by atoms with E-state index in [-0.39, 0.29) is 17.2 Å². The van der Waals surface area contributed by atoms with Crippen LogP contribution in [0.4, 0.5) is 5.69 Å². The number of nitrogens with one attached hydrogen (secondary N) is 1. The summed E-state index contributed by atoms with van der Waals surface area (Å²) in [6, 6.07) is 10.1. The Morgan fingerprint density at radius 1 is 1.15 bits per heavy atom. The van der Waals surface area contributed by atoms with Crippen LogP contribution in [0.2, 0.25) is 5.02 Å². The van der Waals surface area contributed by atoms with E-state index in [0.717, 1.165) is 24.8 Å². The maximum absolute atomic E-state index is 13.0. The average Bonchev–Trinajstić information content (AvgIpc) is 3.13. The summed E-state index contributed by atoms with van der Waals surface area (Å²) >= 11 is 6.11. The van der Waals surface area contributed by atoms with Crippen LogP contribution in [0.5, 0.6) is 5.75 Å². The summed E-state index contributed by atoms with van der Waals surface area (Å²) in [6.07, 6.45) is 3.47. The number of fused-ring (bicyclic) bond motifs is 1. The lowest BCUT2D eigenvalue weighted by molar-refractivity contribution is -0.116. The van der Waals surface area contributed by atoms with Crippen LogP contribution >= 0.6 is 11.6 Å². The molecule has 176 valence electrons. The molecular formula is C23H27ClN4O4S. The van der Waals surface area contributed by atoms with Crippen LogP contribution in [0.1, 0.15) is 31.5 Å². The molecular weight excluding hydrogens is 464 g/mol. The van der Waals surface area contributed by atoms with Gasteiger partial charge in [-0.25, -0.2) is 13.4 Å².